The zero-order valence-electron chi connectivity index (χ0n) is 14.4. The maximum Gasteiger partial charge on any atom is 0.219 e. The van der Waals surface area contributed by atoms with Crippen LogP contribution in [0.1, 0.15) is 18.9 Å². The molecule has 130 valence electrons. The number of aliphatic hydroxyl groups is 1. The summed E-state index contributed by atoms with van der Waals surface area (Å²) in [7, 11) is 0. The topological polar surface area (TPSA) is 47.0 Å². The molecule has 1 amide bonds. The van der Waals surface area contributed by atoms with Gasteiger partial charge in [-0.3, -0.25) is 14.6 Å². The van der Waals surface area contributed by atoms with E-state index in [1.54, 1.807) is 6.92 Å². The highest BCUT2D eigenvalue weighted by Gasteiger charge is 2.56. The van der Waals surface area contributed by atoms with E-state index in [2.05, 4.69) is 40.1 Å². The first-order chi connectivity index (χ1) is 11.6. The van der Waals surface area contributed by atoms with Crippen molar-refractivity contribution in [3.05, 3.63) is 35.9 Å². The van der Waals surface area contributed by atoms with Crippen LogP contribution in [0.25, 0.3) is 0 Å². The van der Waals surface area contributed by atoms with E-state index in [9.17, 15) is 9.90 Å². The van der Waals surface area contributed by atoms with Crippen molar-refractivity contribution in [2.45, 2.75) is 37.5 Å². The van der Waals surface area contributed by atoms with Gasteiger partial charge in [0.15, 0.2) is 0 Å². The standard InChI is InChI=1S/C19H27N3O2/c1-15(23)21-13-19(14-21)12-20(8-7-16-5-3-2-4-6-16)10-17-9-18(24)11-22(17)19/h2-6,17-18,24H,7-14H2,1H3. The average molecular weight is 329 g/mol. The van der Waals surface area contributed by atoms with Gasteiger partial charge in [0.05, 0.1) is 11.6 Å². The molecule has 2 unspecified atom stereocenters. The molecule has 1 spiro atoms. The van der Waals surface area contributed by atoms with Gasteiger partial charge in [-0.2, -0.15) is 0 Å². The molecule has 3 aliphatic rings. The van der Waals surface area contributed by atoms with E-state index in [0.717, 1.165) is 52.1 Å². The summed E-state index contributed by atoms with van der Waals surface area (Å²) >= 11 is 0. The SMILES string of the molecule is CC(=O)N1CC2(CN(CCc3ccccc3)CC3CC(O)CN32)C1. The molecular weight excluding hydrogens is 302 g/mol. The molecule has 0 aromatic heterocycles. The van der Waals surface area contributed by atoms with E-state index in [1.807, 2.05) is 4.90 Å². The summed E-state index contributed by atoms with van der Waals surface area (Å²) in [5.74, 6) is 0.165. The number of fused-ring (bicyclic) bond motifs is 2. The zero-order valence-corrected chi connectivity index (χ0v) is 14.4. The number of likely N-dealkylation sites (tertiary alicyclic amines) is 1. The molecule has 4 rings (SSSR count). The Morgan fingerprint density at radius 3 is 2.67 bits per heavy atom. The van der Waals surface area contributed by atoms with E-state index >= 15 is 0 Å². The smallest absolute Gasteiger partial charge is 0.219 e. The van der Waals surface area contributed by atoms with Crippen LogP contribution in [0.5, 0.6) is 0 Å². The number of β-amino-alcohol motifs (C(OH)–C–C–N with tert-alkyl or cyclic N) is 1. The Kier molecular flexibility index (Phi) is 4.11. The number of carbonyl (C=O) groups excluding carboxylic acids is 1. The van der Waals surface area contributed by atoms with Crippen molar-refractivity contribution in [3.8, 4) is 0 Å². The Balaban J connectivity index is 1.44. The fraction of sp³-hybridized carbons (Fsp3) is 0.632. The van der Waals surface area contributed by atoms with E-state index in [4.69, 9.17) is 0 Å². The molecule has 3 fully saturated rings. The lowest BCUT2D eigenvalue weighted by Crippen LogP contribution is -2.78. The van der Waals surface area contributed by atoms with Crippen LogP contribution in [0.3, 0.4) is 0 Å². The maximum absolute atomic E-state index is 11.6. The molecule has 1 aromatic carbocycles. The first kappa shape index (κ1) is 16.1. The molecular formula is C19H27N3O2. The van der Waals surface area contributed by atoms with Crippen LogP contribution in [0, 0.1) is 0 Å². The second kappa shape index (κ2) is 6.14. The summed E-state index contributed by atoms with van der Waals surface area (Å²) in [6.07, 6.45) is 1.71. The quantitative estimate of drug-likeness (QED) is 0.881. The number of hydrogen-bond acceptors (Lipinski definition) is 4. The largest absolute Gasteiger partial charge is 0.392 e. The molecule has 5 nitrogen and oxygen atoms in total. The van der Waals surface area contributed by atoms with Crippen LogP contribution in [-0.2, 0) is 11.2 Å². The molecule has 5 heteroatoms. The van der Waals surface area contributed by atoms with Crippen LogP contribution in [-0.4, -0.2) is 82.7 Å². The molecule has 1 aromatic rings. The van der Waals surface area contributed by atoms with Gasteiger partial charge in [0.2, 0.25) is 5.91 Å². The first-order valence-electron chi connectivity index (χ1n) is 9.02. The van der Waals surface area contributed by atoms with Gasteiger partial charge in [0.1, 0.15) is 0 Å². The summed E-state index contributed by atoms with van der Waals surface area (Å²) in [6.45, 7) is 7.13. The number of piperazine rings is 1. The van der Waals surface area contributed by atoms with E-state index in [1.165, 1.54) is 5.56 Å². The van der Waals surface area contributed by atoms with Crippen molar-refractivity contribution >= 4 is 5.91 Å². The Morgan fingerprint density at radius 2 is 1.96 bits per heavy atom. The van der Waals surface area contributed by atoms with Gasteiger partial charge in [0, 0.05) is 52.2 Å². The van der Waals surface area contributed by atoms with E-state index < -0.39 is 0 Å². The zero-order chi connectivity index (χ0) is 16.7. The van der Waals surface area contributed by atoms with Crippen LogP contribution in [0.15, 0.2) is 30.3 Å². The molecule has 0 aliphatic carbocycles. The summed E-state index contributed by atoms with van der Waals surface area (Å²) in [4.78, 5) is 18.6. The molecule has 3 heterocycles. The number of hydrogen-bond donors (Lipinski definition) is 1. The Hall–Kier alpha value is -1.43. The minimum atomic E-state index is -0.215. The van der Waals surface area contributed by atoms with Crippen molar-refractivity contribution < 1.29 is 9.90 Å². The summed E-state index contributed by atoms with van der Waals surface area (Å²) in [6, 6.07) is 11.1. The third kappa shape index (κ3) is 2.85. The van der Waals surface area contributed by atoms with Gasteiger partial charge in [-0.1, -0.05) is 30.3 Å². The van der Waals surface area contributed by atoms with Crippen molar-refractivity contribution in [2.24, 2.45) is 0 Å². The Labute approximate surface area is 143 Å². The molecule has 1 N–H and O–H groups in total. The van der Waals surface area contributed by atoms with Crippen LogP contribution in [0.4, 0.5) is 0 Å². The van der Waals surface area contributed by atoms with Crippen LogP contribution < -0.4 is 0 Å². The highest BCUT2D eigenvalue weighted by Crippen LogP contribution is 2.38. The fourth-order valence-corrected chi connectivity index (χ4v) is 4.79. The molecule has 24 heavy (non-hydrogen) atoms. The van der Waals surface area contributed by atoms with Crippen molar-refractivity contribution in [2.75, 3.05) is 39.3 Å². The van der Waals surface area contributed by atoms with Crippen molar-refractivity contribution in [1.29, 1.82) is 0 Å². The number of amides is 1. The van der Waals surface area contributed by atoms with Crippen LogP contribution >= 0.6 is 0 Å². The predicted octanol–water partition coefficient (Wildman–Crippen LogP) is 0.581. The second-order valence-electron chi connectivity index (χ2n) is 7.77. The van der Waals surface area contributed by atoms with Gasteiger partial charge >= 0.3 is 0 Å². The Morgan fingerprint density at radius 1 is 1.21 bits per heavy atom. The molecule has 0 bridgehead atoms. The van der Waals surface area contributed by atoms with Crippen molar-refractivity contribution in [1.82, 2.24) is 14.7 Å². The van der Waals surface area contributed by atoms with Gasteiger partial charge in [-0.25, -0.2) is 0 Å². The van der Waals surface area contributed by atoms with Gasteiger partial charge in [-0.15, -0.1) is 0 Å². The third-order valence-corrected chi connectivity index (χ3v) is 5.96. The summed E-state index contributed by atoms with van der Waals surface area (Å²) in [5, 5.41) is 10.1. The second-order valence-corrected chi connectivity index (χ2v) is 7.77. The molecule has 3 aliphatic heterocycles. The normalized spacial score (nSPS) is 29.5. The van der Waals surface area contributed by atoms with Crippen LogP contribution in [0.2, 0.25) is 0 Å². The van der Waals surface area contributed by atoms with E-state index in [-0.39, 0.29) is 17.6 Å². The molecule has 2 atom stereocenters. The lowest BCUT2D eigenvalue weighted by molar-refractivity contribution is -0.154. The van der Waals surface area contributed by atoms with Crippen molar-refractivity contribution in [3.63, 3.8) is 0 Å². The number of benzene rings is 1. The number of rotatable bonds is 3. The lowest BCUT2D eigenvalue weighted by atomic mass is 9.83. The third-order valence-electron chi connectivity index (χ3n) is 5.96. The van der Waals surface area contributed by atoms with Gasteiger partial charge in [-0.05, 0) is 18.4 Å². The van der Waals surface area contributed by atoms with Gasteiger partial charge in [0.25, 0.3) is 0 Å². The summed E-state index contributed by atoms with van der Waals surface area (Å²) in [5.41, 5.74) is 1.43. The summed E-state index contributed by atoms with van der Waals surface area (Å²) < 4.78 is 0. The molecule has 3 saturated heterocycles. The minimum Gasteiger partial charge on any atom is -0.392 e. The molecule has 0 radical (unpaired) electrons. The van der Waals surface area contributed by atoms with E-state index in [0.29, 0.717) is 6.04 Å². The first-order valence-corrected chi connectivity index (χ1v) is 9.02. The maximum atomic E-state index is 11.6. The predicted molar refractivity (Wildman–Crippen MR) is 92.7 cm³/mol. The minimum absolute atomic E-state index is 0.0583. The molecule has 0 saturated carbocycles. The monoisotopic (exact) mass is 329 g/mol. The number of carbonyl (C=O) groups is 1. The highest BCUT2D eigenvalue weighted by atomic mass is 16.3. The highest BCUT2D eigenvalue weighted by molar-refractivity contribution is 5.74. The lowest BCUT2D eigenvalue weighted by Gasteiger charge is -2.61. The Bertz CT molecular complexity index is 600. The fourth-order valence-electron chi connectivity index (χ4n) is 4.79. The number of aliphatic hydroxyl groups excluding tert-OH is 1. The average Bonchev–Trinajstić information content (AvgIpc) is 2.91. The number of nitrogens with zero attached hydrogens (tertiary/aromatic N) is 3. The van der Waals surface area contributed by atoms with Gasteiger partial charge < -0.3 is 10.0 Å².